The minimum atomic E-state index is -0.382. The van der Waals surface area contributed by atoms with E-state index in [1.165, 1.54) is 5.56 Å². The molecule has 3 rings (SSSR count). The number of ether oxygens (including phenoxy) is 1. The van der Waals surface area contributed by atoms with Crippen molar-refractivity contribution in [3.05, 3.63) is 59.9 Å². The number of carbonyl (C=O) groups excluding carboxylic acids is 1. The molecule has 3 aromatic rings. The van der Waals surface area contributed by atoms with E-state index in [4.69, 9.17) is 9.72 Å². The maximum absolute atomic E-state index is 12.1. The second-order valence-electron chi connectivity index (χ2n) is 8.62. The molecule has 0 bridgehead atoms. The van der Waals surface area contributed by atoms with Gasteiger partial charge in [0.25, 0.3) is 0 Å². The third-order valence-electron chi connectivity index (χ3n) is 5.18. The van der Waals surface area contributed by atoms with Gasteiger partial charge in [-0.25, -0.2) is 4.98 Å². The minimum absolute atomic E-state index is 0.0626. The number of imidazole rings is 1. The van der Waals surface area contributed by atoms with Crippen LogP contribution in [0.25, 0.3) is 11.0 Å². The second-order valence-corrected chi connectivity index (χ2v) is 8.62. The van der Waals surface area contributed by atoms with Crippen LogP contribution in [0.3, 0.4) is 0 Å². The van der Waals surface area contributed by atoms with Gasteiger partial charge in [-0.2, -0.15) is 0 Å². The van der Waals surface area contributed by atoms with Crippen LogP contribution >= 0.6 is 0 Å². The molecule has 0 spiro atoms. The van der Waals surface area contributed by atoms with E-state index in [0.29, 0.717) is 19.6 Å². The molecule has 160 valence electrons. The summed E-state index contributed by atoms with van der Waals surface area (Å²) in [5.74, 6) is 1.97. The van der Waals surface area contributed by atoms with Gasteiger partial charge in [0, 0.05) is 24.9 Å². The third kappa shape index (κ3) is 5.62. The number of hydrogen-bond acceptors (Lipinski definition) is 3. The number of benzene rings is 2. The molecule has 5 heteroatoms. The van der Waals surface area contributed by atoms with Crippen LogP contribution in [0.1, 0.15) is 45.5 Å². The Morgan fingerprint density at radius 1 is 1.10 bits per heavy atom. The first-order chi connectivity index (χ1) is 14.4. The van der Waals surface area contributed by atoms with Crippen LogP contribution in [0.5, 0.6) is 5.75 Å². The smallest absolute Gasteiger partial charge is 0.225 e. The largest absolute Gasteiger partial charge is 0.494 e. The summed E-state index contributed by atoms with van der Waals surface area (Å²) in [6.07, 6.45) is 2.63. The van der Waals surface area contributed by atoms with Crippen LogP contribution in [0.4, 0.5) is 0 Å². The maximum Gasteiger partial charge on any atom is 0.225 e. The molecule has 5 nitrogen and oxygen atoms in total. The second kappa shape index (κ2) is 9.79. The van der Waals surface area contributed by atoms with Crippen LogP contribution in [0.2, 0.25) is 0 Å². The van der Waals surface area contributed by atoms with E-state index in [1.54, 1.807) is 0 Å². The monoisotopic (exact) mass is 407 g/mol. The van der Waals surface area contributed by atoms with Gasteiger partial charge in [0.1, 0.15) is 11.6 Å². The zero-order chi connectivity index (χ0) is 21.6. The first kappa shape index (κ1) is 21.9. The fraction of sp³-hybridized carbons (Fsp3) is 0.440. The average molecular weight is 408 g/mol. The number of nitrogens with zero attached hydrogens (tertiary/aromatic N) is 2. The highest BCUT2D eigenvalue weighted by molar-refractivity contribution is 5.81. The number of para-hydroxylation sites is 2. The molecule has 0 radical (unpaired) electrons. The maximum atomic E-state index is 12.1. The normalized spacial score (nSPS) is 11.6. The van der Waals surface area contributed by atoms with Crippen LogP contribution in [-0.2, 0) is 24.2 Å². The van der Waals surface area contributed by atoms with Gasteiger partial charge in [0.05, 0.1) is 17.6 Å². The summed E-state index contributed by atoms with van der Waals surface area (Å²) >= 11 is 0. The van der Waals surface area contributed by atoms with Gasteiger partial charge in [-0.3, -0.25) is 4.79 Å². The summed E-state index contributed by atoms with van der Waals surface area (Å²) in [4.78, 5) is 16.9. The van der Waals surface area contributed by atoms with Crippen molar-refractivity contribution in [1.29, 1.82) is 0 Å². The molecule has 0 atom stereocenters. The number of aryl methyl sites for hydroxylation is 2. The summed E-state index contributed by atoms with van der Waals surface area (Å²) in [6, 6.07) is 16.5. The Bertz CT molecular complexity index is 968. The first-order valence-corrected chi connectivity index (χ1v) is 10.8. The van der Waals surface area contributed by atoms with Gasteiger partial charge >= 0.3 is 0 Å². The zero-order valence-electron chi connectivity index (χ0n) is 18.6. The summed E-state index contributed by atoms with van der Waals surface area (Å²) in [5, 5.41) is 3.02. The number of carbonyl (C=O) groups is 1. The van der Waals surface area contributed by atoms with E-state index in [0.717, 1.165) is 42.0 Å². The van der Waals surface area contributed by atoms with Crippen molar-refractivity contribution < 1.29 is 9.53 Å². The quantitative estimate of drug-likeness (QED) is 0.520. The fourth-order valence-electron chi connectivity index (χ4n) is 3.35. The predicted octanol–water partition coefficient (Wildman–Crippen LogP) is 4.77. The Labute approximate surface area is 179 Å². The van der Waals surface area contributed by atoms with Gasteiger partial charge in [-0.1, -0.05) is 52.0 Å². The molecule has 0 aliphatic carbocycles. The van der Waals surface area contributed by atoms with E-state index >= 15 is 0 Å². The molecule has 1 amide bonds. The summed E-state index contributed by atoms with van der Waals surface area (Å²) < 4.78 is 8.17. The Morgan fingerprint density at radius 2 is 1.83 bits per heavy atom. The van der Waals surface area contributed by atoms with Crippen molar-refractivity contribution in [3.63, 3.8) is 0 Å². The van der Waals surface area contributed by atoms with Crippen molar-refractivity contribution >= 4 is 16.9 Å². The molecule has 0 unspecified atom stereocenters. The molecule has 2 aromatic carbocycles. The number of rotatable bonds is 9. The lowest BCUT2D eigenvalue weighted by atomic mass is 9.96. The van der Waals surface area contributed by atoms with Crippen molar-refractivity contribution in [2.24, 2.45) is 5.41 Å². The molecule has 0 fully saturated rings. The lowest BCUT2D eigenvalue weighted by Crippen LogP contribution is -2.36. The van der Waals surface area contributed by atoms with E-state index in [-0.39, 0.29) is 11.3 Å². The van der Waals surface area contributed by atoms with Crippen molar-refractivity contribution in [2.45, 2.75) is 53.5 Å². The average Bonchev–Trinajstić information content (AvgIpc) is 3.08. The molecule has 0 aliphatic heterocycles. The molecule has 0 aliphatic rings. The SMILES string of the molecule is CCc1ccc(OCCCn2c(CCNC(=O)C(C)(C)C)nc3ccccc32)cc1. The number of amides is 1. The molecule has 1 heterocycles. The molecule has 1 aromatic heterocycles. The number of hydrogen-bond donors (Lipinski definition) is 1. The van der Waals surface area contributed by atoms with Crippen molar-refractivity contribution in [2.75, 3.05) is 13.2 Å². The lowest BCUT2D eigenvalue weighted by Gasteiger charge is -2.17. The highest BCUT2D eigenvalue weighted by Crippen LogP contribution is 2.18. The van der Waals surface area contributed by atoms with Gasteiger partial charge in [-0.05, 0) is 42.7 Å². The van der Waals surface area contributed by atoms with Crippen LogP contribution in [0.15, 0.2) is 48.5 Å². The van der Waals surface area contributed by atoms with E-state index in [9.17, 15) is 4.79 Å². The summed E-state index contributed by atoms with van der Waals surface area (Å²) in [7, 11) is 0. The molecule has 30 heavy (non-hydrogen) atoms. The van der Waals surface area contributed by atoms with Crippen LogP contribution in [0, 0.1) is 5.41 Å². The third-order valence-corrected chi connectivity index (χ3v) is 5.18. The van der Waals surface area contributed by atoms with Crippen LogP contribution in [-0.4, -0.2) is 28.6 Å². The van der Waals surface area contributed by atoms with Gasteiger partial charge in [-0.15, -0.1) is 0 Å². The molecule has 0 saturated carbocycles. The summed E-state index contributed by atoms with van der Waals surface area (Å²) in [6.45, 7) is 9.99. The number of fused-ring (bicyclic) bond motifs is 1. The standard InChI is InChI=1S/C25H33N3O2/c1-5-19-11-13-20(14-12-19)30-18-8-17-28-22-10-7-6-9-21(22)27-23(28)15-16-26-24(29)25(2,3)4/h6-7,9-14H,5,8,15-18H2,1-4H3,(H,26,29). The molecule has 1 N–H and O–H groups in total. The Hall–Kier alpha value is -2.82. The Kier molecular flexibility index (Phi) is 7.14. The Balaban J connectivity index is 1.60. The van der Waals surface area contributed by atoms with E-state index in [2.05, 4.69) is 35.0 Å². The van der Waals surface area contributed by atoms with Crippen molar-refractivity contribution in [1.82, 2.24) is 14.9 Å². The number of nitrogens with one attached hydrogen (secondary N) is 1. The van der Waals surface area contributed by atoms with Crippen LogP contribution < -0.4 is 10.1 Å². The zero-order valence-corrected chi connectivity index (χ0v) is 18.6. The number of aromatic nitrogens is 2. The predicted molar refractivity (Wildman–Crippen MR) is 122 cm³/mol. The topological polar surface area (TPSA) is 56.1 Å². The summed E-state index contributed by atoms with van der Waals surface area (Å²) in [5.41, 5.74) is 3.05. The Morgan fingerprint density at radius 3 is 2.53 bits per heavy atom. The van der Waals surface area contributed by atoms with Crippen molar-refractivity contribution in [3.8, 4) is 5.75 Å². The minimum Gasteiger partial charge on any atom is -0.494 e. The van der Waals surface area contributed by atoms with Gasteiger partial charge in [0.2, 0.25) is 5.91 Å². The van der Waals surface area contributed by atoms with E-state index < -0.39 is 0 Å². The fourth-order valence-corrected chi connectivity index (χ4v) is 3.35. The molecule has 0 saturated heterocycles. The molecular weight excluding hydrogens is 374 g/mol. The van der Waals surface area contributed by atoms with E-state index in [1.807, 2.05) is 51.1 Å². The molecular formula is C25H33N3O2. The van der Waals surface area contributed by atoms with Gasteiger partial charge < -0.3 is 14.6 Å². The highest BCUT2D eigenvalue weighted by atomic mass is 16.5. The first-order valence-electron chi connectivity index (χ1n) is 10.8. The lowest BCUT2D eigenvalue weighted by molar-refractivity contribution is -0.128. The van der Waals surface area contributed by atoms with Gasteiger partial charge in [0.15, 0.2) is 0 Å². The highest BCUT2D eigenvalue weighted by Gasteiger charge is 2.20.